The summed E-state index contributed by atoms with van der Waals surface area (Å²) in [6.45, 7) is 14.9. The van der Waals surface area contributed by atoms with E-state index >= 15 is 0 Å². The molecule has 86 valence electrons. The predicted molar refractivity (Wildman–Crippen MR) is 65.3 cm³/mol. The van der Waals surface area contributed by atoms with Crippen molar-refractivity contribution in [3.63, 3.8) is 0 Å². The summed E-state index contributed by atoms with van der Waals surface area (Å²) in [6, 6.07) is 0. The molecule has 0 spiro atoms. The number of nitrogens with two attached hydrogens (primary N) is 1. The van der Waals surface area contributed by atoms with Crippen LogP contribution in [-0.2, 0) is 0 Å². The van der Waals surface area contributed by atoms with Gasteiger partial charge in [-0.05, 0) is 42.6 Å². The van der Waals surface area contributed by atoms with E-state index in [1.54, 1.807) is 0 Å². The molecule has 0 heterocycles. The third-order valence-corrected chi connectivity index (χ3v) is 2.84. The van der Waals surface area contributed by atoms with Gasteiger partial charge in [0.1, 0.15) is 0 Å². The van der Waals surface area contributed by atoms with Gasteiger partial charge < -0.3 is 5.73 Å². The quantitative estimate of drug-likeness (QED) is 0.732. The van der Waals surface area contributed by atoms with E-state index in [9.17, 15) is 0 Å². The molecule has 0 amide bonds. The van der Waals surface area contributed by atoms with E-state index in [1.165, 1.54) is 12.8 Å². The Morgan fingerprint density at radius 2 is 1.50 bits per heavy atom. The zero-order valence-electron chi connectivity index (χ0n) is 11.0. The molecule has 0 radical (unpaired) electrons. The van der Waals surface area contributed by atoms with Gasteiger partial charge >= 0.3 is 0 Å². The number of rotatable bonds is 4. The molecule has 0 rings (SSSR count). The highest BCUT2D eigenvalue weighted by molar-refractivity contribution is 4.78. The maximum Gasteiger partial charge on any atom is -0.00772 e. The molecular weight excluding hydrogens is 170 g/mol. The van der Waals surface area contributed by atoms with Gasteiger partial charge in [0.25, 0.3) is 0 Å². The smallest absolute Gasteiger partial charge is 0.00772 e. The van der Waals surface area contributed by atoms with E-state index in [4.69, 9.17) is 5.73 Å². The van der Waals surface area contributed by atoms with E-state index in [-0.39, 0.29) is 0 Å². The molecule has 0 bridgehead atoms. The minimum Gasteiger partial charge on any atom is -0.330 e. The molecule has 1 heteroatoms. The lowest BCUT2D eigenvalue weighted by Gasteiger charge is -2.35. The molecule has 0 aliphatic heterocycles. The fraction of sp³-hybridized carbons (Fsp3) is 1.00. The Morgan fingerprint density at radius 3 is 1.79 bits per heavy atom. The highest BCUT2D eigenvalue weighted by Gasteiger charge is 2.28. The van der Waals surface area contributed by atoms with E-state index in [0.29, 0.717) is 10.8 Å². The van der Waals surface area contributed by atoms with Crippen molar-refractivity contribution in [3.05, 3.63) is 0 Å². The highest BCUT2D eigenvalue weighted by Crippen LogP contribution is 2.38. The molecule has 0 aliphatic rings. The van der Waals surface area contributed by atoms with Crippen LogP contribution in [0.3, 0.4) is 0 Å². The average Bonchev–Trinajstić information content (AvgIpc) is 1.93. The summed E-state index contributed by atoms with van der Waals surface area (Å²) in [5, 5.41) is 0. The molecular formula is C13H29N. The van der Waals surface area contributed by atoms with Crippen LogP contribution in [-0.4, -0.2) is 6.54 Å². The van der Waals surface area contributed by atoms with Crippen molar-refractivity contribution in [2.24, 2.45) is 22.5 Å². The van der Waals surface area contributed by atoms with Gasteiger partial charge in [-0.1, -0.05) is 41.5 Å². The standard InChI is InChI=1S/C13H29N/c1-12(2,3)10-11(8-7-9-14)13(4,5)6/h11H,7-10,14H2,1-6H3. The Labute approximate surface area is 90.5 Å². The maximum atomic E-state index is 5.58. The second-order valence-electron chi connectivity index (χ2n) is 6.76. The van der Waals surface area contributed by atoms with Crippen LogP contribution in [0.15, 0.2) is 0 Å². The zero-order valence-corrected chi connectivity index (χ0v) is 11.0. The highest BCUT2D eigenvalue weighted by atomic mass is 14.5. The van der Waals surface area contributed by atoms with Crippen molar-refractivity contribution in [1.29, 1.82) is 0 Å². The Hall–Kier alpha value is -0.0400. The lowest BCUT2D eigenvalue weighted by molar-refractivity contribution is 0.153. The summed E-state index contributed by atoms with van der Waals surface area (Å²) in [7, 11) is 0. The summed E-state index contributed by atoms with van der Waals surface area (Å²) < 4.78 is 0. The number of hydrogen-bond donors (Lipinski definition) is 1. The van der Waals surface area contributed by atoms with Gasteiger partial charge in [0.05, 0.1) is 0 Å². The number of hydrogen-bond acceptors (Lipinski definition) is 1. The molecule has 0 aromatic carbocycles. The van der Waals surface area contributed by atoms with Gasteiger partial charge in [-0.3, -0.25) is 0 Å². The molecule has 1 atom stereocenters. The molecule has 0 fully saturated rings. The first kappa shape index (κ1) is 14.0. The fourth-order valence-electron chi connectivity index (χ4n) is 1.94. The van der Waals surface area contributed by atoms with Crippen LogP contribution in [0.2, 0.25) is 0 Å². The van der Waals surface area contributed by atoms with E-state index in [0.717, 1.165) is 18.9 Å². The van der Waals surface area contributed by atoms with E-state index in [1.807, 2.05) is 0 Å². The summed E-state index contributed by atoms with van der Waals surface area (Å²) in [6.07, 6.45) is 3.74. The van der Waals surface area contributed by atoms with E-state index in [2.05, 4.69) is 41.5 Å². The monoisotopic (exact) mass is 199 g/mol. The second-order valence-corrected chi connectivity index (χ2v) is 6.76. The minimum absolute atomic E-state index is 0.419. The van der Waals surface area contributed by atoms with Gasteiger partial charge in [-0.25, -0.2) is 0 Å². The zero-order chi connectivity index (χ0) is 11.4. The van der Waals surface area contributed by atoms with Crippen LogP contribution in [0.5, 0.6) is 0 Å². The normalized spacial score (nSPS) is 15.6. The summed E-state index contributed by atoms with van der Waals surface area (Å²) in [5.74, 6) is 0.797. The van der Waals surface area contributed by atoms with Crippen molar-refractivity contribution in [2.75, 3.05) is 6.54 Å². The van der Waals surface area contributed by atoms with Crippen LogP contribution in [0.25, 0.3) is 0 Å². The van der Waals surface area contributed by atoms with Crippen LogP contribution >= 0.6 is 0 Å². The third kappa shape index (κ3) is 6.42. The SMILES string of the molecule is CC(C)(C)CC(CCCN)C(C)(C)C. The molecule has 0 saturated heterocycles. The predicted octanol–water partition coefficient (Wildman–Crippen LogP) is 3.82. The van der Waals surface area contributed by atoms with Crippen molar-refractivity contribution in [2.45, 2.75) is 60.8 Å². The first-order valence-electron chi connectivity index (χ1n) is 5.87. The average molecular weight is 199 g/mol. The first-order valence-corrected chi connectivity index (χ1v) is 5.87. The van der Waals surface area contributed by atoms with Crippen LogP contribution in [0, 0.1) is 16.7 Å². The molecule has 0 saturated carbocycles. The maximum absolute atomic E-state index is 5.58. The van der Waals surface area contributed by atoms with Gasteiger partial charge in [0.2, 0.25) is 0 Å². The molecule has 1 nitrogen and oxygen atoms in total. The van der Waals surface area contributed by atoms with Crippen molar-refractivity contribution in [3.8, 4) is 0 Å². The van der Waals surface area contributed by atoms with Gasteiger partial charge in [0, 0.05) is 0 Å². The van der Waals surface area contributed by atoms with Crippen molar-refractivity contribution >= 4 is 0 Å². The molecule has 1 unspecified atom stereocenters. The Bertz CT molecular complexity index is 148. The van der Waals surface area contributed by atoms with Crippen LogP contribution in [0.4, 0.5) is 0 Å². The topological polar surface area (TPSA) is 26.0 Å². The Balaban J connectivity index is 4.26. The fourth-order valence-corrected chi connectivity index (χ4v) is 1.94. The van der Waals surface area contributed by atoms with Crippen LogP contribution < -0.4 is 5.73 Å². The third-order valence-electron chi connectivity index (χ3n) is 2.84. The summed E-state index contributed by atoms with van der Waals surface area (Å²) in [5.41, 5.74) is 6.44. The van der Waals surface area contributed by atoms with Crippen molar-refractivity contribution in [1.82, 2.24) is 0 Å². The second kappa shape index (κ2) is 5.16. The van der Waals surface area contributed by atoms with Gasteiger partial charge in [-0.2, -0.15) is 0 Å². The Morgan fingerprint density at radius 1 is 1.00 bits per heavy atom. The van der Waals surface area contributed by atoms with Crippen molar-refractivity contribution < 1.29 is 0 Å². The lowest BCUT2D eigenvalue weighted by atomic mass is 9.70. The molecule has 0 aromatic heterocycles. The molecule has 0 aliphatic carbocycles. The summed E-state index contributed by atoms with van der Waals surface area (Å²) in [4.78, 5) is 0. The Kier molecular flexibility index (Phi) is 5.14. The molecule has 0 aromatic rings. The summed E-state index contributed by atoms with van der Waals surface area (Å²) >= 11 is 0. The molecule has 14 heavy (non-hydrogen) atoms. The largest absolute Gasteiger partial charge is 0.330 e. The molecule has 2 N–H and O–H groups in total. The lowest BCUT2D eigenvalue weighted by Crippen LogP contribution is -2.26. The van der Waals surface area contributed by atoms with Gasteiger partial charge in [0.15, 0.2) is 0 Å². The minimum atomic E-state index is 0.419. The van der Waals surface area contributed by atoms with Gasteiger partial charge in [-0.15, -0.1) is 0 Å². The first-order chi connectivity index (χ1) is 6.17. The van der Waals surface area contributed by atoms with Crippen LogP contribution in [0.1, 0.15) is 60.8 Å². The van der Waals surface area contributed by atoms with E-state index < -0.39 is 0 Å².